The van der Waals surface area contributed by atoms with Gasteiger partial charge < -0.3 is 11.0 Å². The minimum atomic E-state index is 0.500. The Morgan fingerprint density at radius 3 is 2.67 bits per heavy atom. The number of rotatable bonds is 1. The van der Waals surface area contributed by atoms with Gasteiger partial charge in [-0.2, -0.15) is 0 Å². The third-order valence-corrected chi connectivity index (χ3v) is 1.22. The van der Waals surface area contributed by atoms with Crippen LogP contribution in [0, 0.1) is 5.92 Å². The molecule has 50 valence electrons. The zero-order valence-corrected chi connectivity index (χ0v) is 5.76. The quantitative estimate of drug-likeness (QED) is 0.520. The molecule has 1 rings (SSSR count). The monoisotopic (exact) mass is 125 g/mol. The lowest BCUT2D eigenvalue weighted by Gasteiger charge is -2.09. The van der Waals surface area contributed by atoms with Crippen molar-refractivity contribution in [2.24, 2.45) is 5.92 Å². The van der Waals surface area contributed by atoms with Gasteiger partial charge in [0.2, 0.25) is 0 Å². The molecule has 1 aliphatic heterocycles. The lowest BCUT2D eigenvalue weighted by molar-refractivity contribution is -0.388. The predicted octanol–water partition coefficient (Wildman–Crippen LogP) is 1.00. The molecule has 0 atom stereocenters. The van der Waals surface area contributed by atoms with E-state index in [0.29, 0.717) is 5.92 Å². The van der Waals surface area contributed by atoms with Crippen molar-refractivity contribution < 1.29 is 4.68 Å². The van der Waals surface area contributed by atoms with Crippen molar-refractivity contribution in [2.45, 2.75) is 13.8 Å². The Kier molecular flexibility index (Phi) is 1.42. The minimum absolute atomic E-state index is 0.500. The van der Waals surface area contributed by atoms with Crippen molar-refractivity contribution in [3.63, 3.8) is 0 Å². The van der Waals surface area contributed by atoms with Gasteiger partial charge in [0.15, 0.2) is 6.20 Å². The normalized spacial score (nSPS) is 17.2. The van der Waals surface area contributed by atoms with Gasteiger partial charge in [0.1, 0.15) is 6.72 Å². The zero-order valence-electron chi connectivity index (χ0n) is 5.76. The van der Waals surface area contributed by atoms with Crippen LogP contribution in [0.4, 0.5) is 0 Å². The molecule has 0 saturated heterocycles. The van der Waals surface area contributed by atoms with Gasteiger partial charge >= 0.3 is 0 Å². The summed E-state index contributed by atoms with van der Waals surface area (Å²) < 4.78 is 1.52. The molecule has 9 heavy (non-hydrogen) atoms. The van der Waals surface area contributed by atoms with Crippen molar-refractivity contribution in [2.75, 3.05) is 0 Å². The van der Waals surface area contributed by atoms with Crippen LogP contribution in [-0.4, -0.2) is 11.4 Å². The van der Waals surface area contributed by atoms with Crippen LogP contribution in [0.15, 0.2) is 11.9 Å². The van der Waals surface area contributed by atoms with E-state index < -0.39 is 0 Å². The van der Waals surface area contributed by atoms with E-state index in [1.54, 1.807) is 0 Å². The lowest BCUT2D eigenvalue weighted by Crippen LogP contribution is -2.06. The molecule has 0 spiro atoms. The summed E-state index contributed by atoms with van der Waals surface area (Å²) in [5.41, 5.74) is 7.79. The molecule has 0 saturated carbocycles. The maximum absolute atomic E-state index is 3.82. The van der Waals surface area contributed by atoms with Crippen LogP contribution in [0.25, 0.3) is 5.53 Å². The molecular formula is C6H11N3. The highest BCUT2D eigenvalue weighted by Gasteiger charge is 2.06. The first kappa shape index (κ1) is 6.13. The average molecular weight is 125 g/mol. The maximum Gasteiger partial charge on any atom is 0.183 e. The van der Waals surface area contributed by atoms with E-state index in [2.05, 4.69) is 31.5 Å². The van der Waals surface area contributed by atoms with Crippen LogP contribution in [0.3, 0.4) is 0 Å². The van der Waals surface area contributed by atoms with Crippen LogP contribution in [0.5, 0.6) is 0 Å². The standard InChI is InChI=1S/C6H11N3/c1-5(2)6-4-9(3)8-7-6/h4-5,7H,3H2,1-2H3. The van der Waals surface area contributed by atoms with Crippen LogP contribution in [0.1, 0.15) is 13.8 Å². The fraction of sp³-hybridized carbons (Fsp3) is 0.500. The molecule has 0 radical (unpaired) electrons. The Morgan fingerprint density at radius 2 is 2.44 bits per heavy atom. The minimum Gasteiger partial charge on any atom is -0.409 e. The number of allylic oxidation sites excluding steroid dienone is 1. The van der Waals surface area contributed by atoms with Gasteiger partial charge in [-0.3, -0.25) is 0 Å². The summed E-state index contributed by atoms with van der Waals surface area (Å²) in [5.74, 6) is 0.500. The second kappa shape index (κ2) is 2.09. The van der Waals surface area contributed by atoms with E-state index in [9.17, 15) is 0 Å². The molecule has 0 aliphatic carbocycles. The molecule has 1 N–H and O–H groups in total. The van der Waals surface area contributed by atoms with E-state index >= 15 is 0 Å². The molecular weight excluding hydrogens is 114 g/mol. The average Bonchev–Trinajstić information content (AvgIpc) is 2.14. The van der Waals surface area contributed by atoms with E-state index in [-0.39, 0.29) is 0 Å². The van der Waals surface area contributed by atoms with Gasteiger partial charge in [0.05, 0.1) is 5.70 Å². The summed E-state index contributed by atoms with van der Waals surface area (Å²) in [4.78, 5) is 0. The van der Waals surface area contributed by atoms with Crippen LogP contribution in [0.2, 0.25) is 0 Å². The SMILES string of the molecule is C=[N+]1C=C(C(C)C)N[N-]1. The fourth-order valence-corrected chi connectivity index (χ4v) is 0.618. The topological polar surface area (TPSA) is 29.1 Å². The van der Waals surface area contributed by atoms with Gasteiger partial charge in [-0.25, -0.2) is 4.68 Å². The largest absolute Gasteiger partial charge is 0.409 e. The summed E-state index contributed by atoms with van der Waals surface area (Å²) in [6.07, 6.45) is 1.88. The highest BCUT2D eigenvalue weighted by molar-refractivity contribution is 5.19. The Morgan fingerprint density at radius 1 is 1.78 bits per heavy atom. The first-order valence-corrected chi connectivity index (χ1v) is 2.98. The Labute approximate surface area is 55.0 Å². The van der Waals surface area contributed by atoms with E-state index in [1.807, 2.05) is 6.20 Å². The fourth-order valence-electron chi connectivity index (χ4n) is 0.618. The van der Waals surface area contributed by atoms with Crippen molar-refractivity contribution in [3.8, 4) is 0 Å². The Bertz CT molecular complexity index is 158. The van der Waals surface area contributed by atoms with Gasteiger partial charge in [-0.15, -0.1) is 0 Å². The third-order valence-electron chi connectivity index (χ3n) is 1.22. The summed E-state index contributed by atoms with van der Waals surface area (Å²) in [6.45, 7) is 7.81. The van der Waals surface area contributed by atoms with Crippen LogP contribution >= 0.6 is 0 Å². The molecule has 3 nitrogen and oxygen atoms in total. The lowest BCUT2D eigenvalue weighted by atomic mass is 10.2. The number of nitrogens with one attached hydrogen (secondary N) is 1. The molecule has 0 aromatic carbocycles. The highest BCUT2D eigenvalue weighted by atomic mass is 15.7. The second-order valence-electron chi connectivity index (χ2n) is 2.39. The summed E-state index contributed by atoms with van der Waals surface area (Å²) >= 11 is 0. The molecule has 1 heterocycles. The van der Waals surface area contributed by atoms with Gasteiger partial charge in [0.25, 0.3) is 0 Å². The van der Waals surface area contributed by atoms with Crippen molar-refractivity contribution >= 4 is 6.72 Å². The summed E-state index contributed by atoms with van der Waals surface area (Å²) in [6, 6.07) is 0. The second-order valence-corrected chi connectivity index (χ2v) is 2.39. The zero-order chi connectivity index (χ0) is 6.85. The Balaban J connectivity index is 2.62. The molecule has 0 fully saturated rings. The van der Waals surface area contributed by atoms with E-state index in [0.717, 1.165) is 5.70 Å². The molecule has 3 heteroatoms. The van der Waals surface area contributed by atoms with Gasteiger partial charge in [-0.05, 0) is 5.92 Å². The van der Waals surface area contributed by atoms with Gasteiger partial charge in [-0.1, -0.05) is 13.8 Å². The highest BCUT2D eigenvalue weighted by Crippen LogP contribution is 2.12. The Hall–Kier alpha value is -0.990. The van der Waals surface area contributed by atoms with Crippen molar-refractivity contribution in [3.05, 3.63) is 17.4 Å². The summed E-state index contributed by atoms with van der Waals surface area (Å²) in [7, 11) is 0. The number of hydrogen-bond donors (Lipinski definition) is 1. The molecule has 0 amide bonds. The maximum atomic E-state index is 3.82. The van der Waals surface area contributed by atoms with Gasteiger partial charge in [0, 0.05) is 0 Å². The van der Waals surface area contributed by atoms with E-state index in [4.69, 9.17) is 0 Å². The van der Waals surface area contributed by atoms with Crippen LogP contribution in [-0.2, 0) is 0 Å². The molecule has 0 aromatic heterocycles. The van der Waals surface area contributed by atoms with Crippen molar-refractivity contribution in [1.82, 2.24) is 5.43 Å². The molecule has 0 unspecified atom stereocenters. The first-order valence-electron chi connectivity index (χ1n) is 2.98. The number of hydrogen-bond acceptors (Lipinski definition) is 1. The smallest absolute Gasteiger partial charge is 0.183 e. The van der Waals surface area contributed by atoms with Crippen molar-refractivity contribution in [1.29, 1.82) is 0 Å². The number of nitrogens with zero attached hydrogens (tertiary/aromatic N) is 2. The molecule has 0 aromatic rings. The predicted molar refractivity (Wildman–Crippen MR) is 36.8 cm³/mol. The molecule has 0 bridgehead atoms. The van der Waals surface area contributed by atoms with Crippen LogP contribution < -0.4 is 5.43 Å². The third kappa shape index (κ3) is 1.22. The first-order chi connectivity index (χ1) is 4.20. The van der Waals surface area contributed by atoms with E-state index in [1.165, 1.54) is 4.68 Å². The molecule has 1 aliphatic rings. The summed E-state index contributed by atoms with van der Waals surface area (Å²) in [5, 5.41) is 0.